The summed E-state index contributed by atoms with van der Waals surface area (Å²) in [5.41, 5.74) is 2.93. The smallest absolute Gasteiger partial charge is 0.179 e. The van der Waals surface area contributed by atoms with Crippen LogP contribution in [0.1, 0.15) is 5.56 Å². The third-order valence-electron chi connectivity index (χ3n) is 3.08. The highest BCUT2D eigenvalue weighted by Gasteiger charge is 2.07. The van der Waals surface area contributed by atoms with Crippen LogP contribution >= 0.6 is 28.1 Å². The van der Waals surface area contributed by atoms with Gasteiger partial charge in [-0.1, -0.05) is 12.1 Å². The molecule has 1 aromatic carbocycles. The van der Waals surface area contributed by atoms with E-state index < -0.39 is 0 Å². The van der Waals surface area contributed by atoms with Crippen molar-refractivity contribution >= 4 is 39.3 Å². The molecule has 6 heteroatoms. The summed E-state index contributed by atoms with van der Waals surface area (Å²) in [5, 5.41) is 0. The molecule has 2 heterocycles. The normalized spacial score (nSPS) is 10.9. The van der Waals surface area contributed by atoms with Crippen molar-refractivity contribution in [3.8, 4) is 5.75 Å². The van der Waals surface area contributed by atoms with Gasteiger partial charge in [0.2, 0.25) is 0 Å². The summed E-state index contributed by atoms with van der Waals surface area (Å²) in [4.78, 5) is 7.60. The van der Waals surface area contributed by atoms with Crippen molar-refractivity contribution in [2.24, 2.45) is 0 Å². The number of hydrogen-bond acceptors (Lipinski definition) is 3. The van der Waals surface area contributed by atoms with Crippen molar-refractivity contribution in [2.75, 3.05) is 7.11 Å². The van der Waals surface area contributed by atoms with Gasteiger partial charge < -0.3 is 9.72 Å². The molecule has 0 saturated heterocycles. The number of fused-ring (bicyclic) bond motifs is 1. The minimum atomic E-state index is 0.668. The van der Waals surface area contributed by atoms with Gasteiger partial charge in [-0.3, -0.25) is 4.57 Å². The van der Waals surface area contributed by atoms with Crippen molar-refractivity contribution in [3.05, 3.63) is 51.3 Å². The maximum Gasteiger partial charge on any atom is 0.179 e. The van der Waals surface area contributed by atoms with E-state index in [2.05, 4.69) is 25.9 Å². The van der Waals surface area contributed by atoms with Gasteiger partial charge in [-0.25, -0.2) is 4.98 Å². The fourth-order valence-corrected chi connectivity index (χ4v) is 2.67. The highest BCUT2D eigenvalue weighted by Crippen LogP contribution is 2.19. The number of halogens is 1. The lowest BCUT2D eigenvalue weighted by Gasteiger charge is -2.05. The molecule has 0 aliphatic heterocycles. The van der Waals surface area contributed by atoms with E-state index in [1.165, 1.54) is 0 Å². The zero-order valence-electron chi connectivity index (χ0n) is 10.8. The molecule has 0 aliphatic carbocycles. The third kappa shape index (κ3) is 2.48. The van der Waals surface area contributed by atoms with Gasteiger partial charge >= 0.3 is 0 Å². The van der Waals surface area contributed by atoms with Crippen LogP contribution in [0.4, 0.5) is 0 Å². The number of imidazole rings is 1. The first kappa shape index (κ1) is 13.3. The zero-order chi connectivity index (χ0) is 14.1. The lowest BCUT2D eigenvalue weighted by Crippen LogP contribution is -2.00. The number of benzene rings is 1. The van der Waals surface area contributed by atoms with Crippen LogP contribution in [-0.4, -0.2) is 21.6 Å². The Kier molecular flexibility index (Phi) is 3.58. The van der Waals surface area contributed by atoms with Gasteiger partial charge in [-0.15, -0.1) is 0 Å². The molecule has 0 amide bonds. The van der Waals surface area contributed by atoms with E-state index in [1.54, 1.807) is 13.3 Å². The Morgan fingerprint density at radius 1 is 1.35 bits per heavy atom. The van der Waals surface area contributed by atoms with Crippen LogP contribution in [0.25, 0.3) is 11.2 Å². The number of nitrogens with zero attached hydrogens (tertiary/aromatic N) is 2. The Morgan fingerprint density at radius 3 is 2.80 bits per heavy atom. The Morgan fingerprint density at radius 2 is 2.10 bits per heavy atom. The van der Waals surface area contributed by atoms with Crippen LogP contribution in [0, 0.1) is 4.77 Å². The second kappa shape index (κ2) is 5.38. The average Bonchev–Trinajstić information content (AvgIpc) is 2.75. The second-order valence-electron chi connectivity index (χ2n) is 4.39. The lowest BCUT2D eigenvalue weighted by atomic mass is 10.2. The van der Waals surface area contributed by atoms with E-state index in [-0.39, 0.29) is 0 Å². The summed E-state index contributed by atoms with van der Waals surface area (Å²) in [5.74, 6) is 0.846. The number of hydrogen-bond donors (Lipinski definition) is 1. The van der Waals surface area contributed by atoms with Gasteiger partial charge in [0, 0.05) is 10.7 Å². The van der Waals surface area contributed by atoms with E-state index in [4.69, 9.17) is 17.0 Å². The molecule has 4 nitrogen and oxygen atoms in total. The molecule has 0 spiro atoms. The molecule has 3 aromatic rings. The van der Waals surface area contributed by atoms with Gasteiger partial charge in [0.05, 0.1) is 19.2 Å². The molecule has 102 valence electrons. The second-order valence-corrected chi connectivity index (χ2v) is 5.69. The molecular formula is C14H12BrN3OS. The number of ether oxygens (including phenoxy) is 1. The Balaban J connectivity index is 2.01. The number of pyridine rings is 1. The fraction of sp³-hybridized carbons (Fsp3) is 0.143. The van der Waals surface area contributed by atoms with Gasteiger partial charge in [0.1, 0.15) is 5.75 Å². The minimum Gasteiger partial charge on any atom is -0.497 e. The molecule has 3 rings (SSSR count). The monoisotopic (exact) mass is 349 g/mol. The third-order valence-corrected chi connectivity index (χ3v) is 3.83. The summed E-state index contributed by atoms with van der Waals surface area (Å²) >= 11 is 8.78. The number of nitrogens with one attached hydrogen (secondary N) is 1. The molecule has 0 saturated carbocycles. The molecule has 0 atom stereocenters. The van der Waals surface area contributed by atoms with Crippen molar-refractivity contribution < 1.29 is 4.74 Å². The molecule has 0 fully saturated rings. The van der Waals surface area contributed by atoms with E-state index in [0.717, 1.165) is 26.9 Å². The molecule has 0 radical (unpaired) electrons. The molecule has 1 N–H and O–H groups in total. The Bertz CT molecular complexity index is 807. The number of H-pyrrole nitrogens is 1. The highest BCUT2D eigenvalue weighted by molar-refractivity contribution is 9.10. The maximum atomic E-state index is 5.37. The van der Waals surface area contributed by atoms with Crippen LogP contribution in [-0.2, 0) is 6.54 Å². The average molecular weight is 350 g/mol. The molecule has 0 bridgehead atoms. The van der Waals surface area contributed by atoms with Crippen LogP contribution in [0.3, 0.4) is 0 Å². The molecule has 2 aromatic heterocycles. The number of rotatable bonds is 3. The van der Waals surface area contributed by atoms with Gasteiger partial charge in [-0.05, 0) is 51.9 Å². The van der Waals surface area contributed by atoms with Gasteiger partial charge in [0.15, 0.2) is 10.4 Å². The molecule has 0 aliphatic rings. The zero-order valence-corrected chi connectivity index (χ0v) is 13.2. The topological polar surface area (TPSA) is 42.8 Å². The summed E-state index contributed by atoms with van der Waals surface area (Å²) in [6, 6.07) is 9.91. The predicted octanol–water partition coefficient (Wildman–Crippen LogP) is 3.91. The molecule has 20 heavy (non-hydrogen) atoms. The predicted molar refractivity (Wildman–Crippen MR) is 84.7 cm³/mol. The van der Waals surface area contributed by atoms with Crippen LogP contribution in [0.5, 0.6) is 5.75 Å². The maximum absolute atomic E-state index is 5.37. The highest BCUT2D eigenvalue weighted by atomic mass is 79.9. The van der Waals surface area contributed by atoms with Crippen molar-refractivity contribution in [1.82, 2.24) is 14.5 Å². The van der Waals surface area contributed by atoms with Crippen LogP contribution in [0.2, 0.25) is 0 Å². The summed E-state index contributed by atoms with van der Waals surface area (Å²) < 4.78 is 8.74. The minimum absolute atomic E-state index is 0.668. The summed E-state index contributed by atoms with van der Waals surface area (Å²) in [6.07, 6.45) is 1.77. The Hall–Kier alpha value is -1.66. The number of methoxy groups -OCH3 is 1. The SMILES string of the molecule is COc1ccc(Cn2c(=S)[nH]c3cc(Br)cnc32)cc1. The van der Waals surface area contributed by atoms with Gasteiger partial charge in [0.25, 0.3) is 0 Å². The first-order valence-electron chi connectivity index (χ1n) is 6.04. The largest absolute Gasteiger partial charge is 0.497 e. The number of aromatic amines is 1. The van der Waals surface area contributed by atoms with E-state index in [1.807, 2.05) is 34.9 Å². The number of aromatic nitrogens is 3. The van der Waals surface area contributed by atoms with E-state index in [0.29, 0.717) is 11.3 Å². The van der Waals surface area contributed by atoms with E-state index >= 15 is 0 Å². The van der Waals surface area contributed by atoms with Gasteiger partial charge in [-0.2, -0.15) is 0 Å². The first-order chi connectivity index (χ1) is 9.67. The quantitative estimate of drug-likeness (QED) is 0.729. The molecular weight excluding hydrogens is 338 g/mol. The van der Waals surface area contributed by atoms with E-state index in [9.17, 15) is 0 Å². The summed E-state index contributed by atoms with van der Waals surface area (Å²) in [6.45, 7) is 0.678. The van der Waals surface area contributed by atoms with Crippen LogP contribution < -0.4 is 4.74 Å². The van der Waals surface area contributed by atoms with Crippen molar-refractivity contribution in [1.29, 1.82) is 0 Å². The van der Waals surface area contributed by atoms with Crippen LogP contribution in [0.15, 0.2) is 41.0 Å². The van der Waals surface area contributed by atoms with Crippen molar-refractivity contribution in [3.63, 3.8) is 0 Å². The first-order valence-corrected chi connectivity index (χ1v) is 7.24. The lowest BCUT2D eigenvalue weighted by molar-refractivity contribution is 0.414. The molecule has 0 unspecified atom stereocenters. The Labute approximate surface area is 129 Å². The van der Waals surface area contributed by atoms with Crippen molar-refractivity contribution in [2.45, 2.75) is 6.54 Å². The summed E-state index contributed by atoms with van der Waals surface area (Å²) in [7, 11) is 1.66. The standard InChI is InChI=1S/C14H12BrN3OS/c1-19-11-4-2-9(3-5-11)8-18-13-12(17-14(18)20)6-10(15)7-16-13/h2-7H,8H2,1H3,(H,17,20). The fourth-order valence-electron chi connectivity index (χ4n) is 2.08.